The molecule has 90 valence electrons. The Labute approximate surface area is 109 Å². The van der Waals surface area contributed by atoms with E-state index >= 15 is 0 Å². The fourth-order valence-electron chi connectivity index (χ4n) is 1.89. The average Bonchev–Trinajstić information content (AvgIpc) is 2.14. The molecule has 0 N–H and O–H groups in total. The summed E-state index contributed by atoms with van der Waals surface area (Å²) < 4.78 is 6.03. The smallest absolute Gasteiger partial charge is 0.229 e. The molecular formula is C13H21BrOSi. The van der Waals surface area contributed by atoms with E-state index in [4.69, 9.17) is 4.43 Å². The molecule has 0 aromatic heterocycles. The highest BCUT2D eigenvalue weighted by molar-refractivity contribution is 9.08. The molecule has 0 unspecified atom stereocenters. The summed E-state index contributed by atoms with van der Waals surface area (Å²) in [4.78, 5) is 0. The fraction of sp³-hybridized carbons (Fsp3) is 0.538. The second kappa shape index (κ2) is 5.37. The van der Waals surface area contributed by atoms with E-state index in [2.05, 4.69) is 68.0 Å². The molecule has 0 fully saturated rings. The van der Waals surface area contributed by atoms with Crippen LogP contribution >= 0.6 is 15.9 Å². The van der Waals surface area contributed by atoms with Gasteiger partial charge in [0.2, 0.25) is 9.04 Å². The molecule has 0 aliphatic rings. The molecule has 0 spiro atoms. The highest BCUT2D eigenvalue weighted by atomic mass is 79.9. The molecular weight excluding hydrogens is 280 g/mol. The lowest BCUT2D eigenvalue weighted by Crippen LogP contribution is -2.19. The zero-order valence-corrected chi connectivity index (χ0v) is 13.5. The van der Waals surface area contributed by atoms with Crippen LogP contribution in [-0.2, 0) is 10.7 Å². The predicted molar refractivity (Wildman–Crippen MR) is 77.3 cm³/mol. The minimum Gasteiger partial charge on any atom is -0.547 e. The summed E-state index contributed by atoms with van der Waals surface area (Å²) in [5.41, 5.74) is 2.80. The predicted octanol–water partition coefficient (Wildman–Crippen LogP) is 4.24. The summed E-state index contributed by atoms with van der Waals surface area (Å²) in [5, 5.41) is 0.885. The van der Waals surface area contributed by atoms with E-state index in [1.165, 1.54) is 11.1 Å². The molecule has 1 nitrogen and oxygen atoms in total. The molecule has 0 aliphatic heterocycles. The van der Waals surface area contributed by atoms with Crippen LogP contribution in [0.25, 0.3) is 0 Å². The van der Waals surface area contributed by atoms with E-state index in [0.29, 0.717) is 0 Å². The summed E-state index contributed by atoms with van der Waals surface area (Å²) in [6.45, 7) is 11.1. The number of halogens is 1. The van der Waals surface area contributed by atoms with E-state index in [-0.39, 0.29) is 5.41 Å². The van der Waals surface area contributed by atoms with Crippen molar-refractivity contribution >= 4 is 25.0 Å². The van der Waals surface area contributed by atoms with Gasteiger partial charge in [-0.1, -0.05) is 48.8 Å². The van der Waals surface area contributed by atoms with Crippen LogP contribution in [-0.4, -0.2) is 9.04 Å². The molecule has 0 heterocycles. The highest BCUT2D eigenvalue weighted by Gasteiger charge is 2.22. The number of hydrogen-bond acceptors (Lipinski definition) is 1. The number of hydrogen-bond donors (Lipinski definition) is 0. The van der Waals surface area contributed by atoms with Crippen LogP contribution in [0.1, 0.15) is 31.9 Å². The summed E-state index contributed by atoms with van der Waals surface area (Å²) >= 11 is 3.56. The largest absolute Gasteiger partial charge is 0.547 e. The van der Waals surface area contributed by atoms with Crippen LogP contribution in [0.5, 0.6) is 5.75 Å². The Balaban J connectivity index is 3.26. The first-order chi connectivity index (χ1) is 7.36. The maximum Gasteiger partial charge on any atom is 0.229 e. The zero-order chi connectivity index (χ0) is 12.3. The second-order valence-corrected chi connectivity index (χ2v) is 8.23. The van der Waals surface area contributed by atoms with Crippen molar-refractivity contribution in [2.45, 2.75) is 44.6 Å². The first kappa shape index (κ1) is 13.8. The number of rotatable bonds is 3. The number of benzene rings is 1. The van der Waals surface area contributed by atoms with E-state index in [0.717, 1.165) is 11.1 Å². The minimum absolute atomic E-state index is 0.128. The lowest BCUT2D eigenvalue weighted by molar-refractivity contribution is 0.517. The normalized spacial score (nSPS) is 11.9. The third-order valence-corrected chi connectivity index (χ3v) is 3.70. The molecule has 0 atom stereocenters. The van der Waals surface area contributed by atoms with Crippen molar-refractivity contribution in [1.82, 2.24) is 0 Å². The molecule has 1 rings (SSSR count). The molecule has 3 heteroatoms. The second-order valence-electron chi connectivity index (χ2n) is 5.34. The van der Waals surface area contributed by atoms with Crippen molar-refractivity contribution in [2.75, 3.05) is 0 Å². The van der Waals surface area contributed by atoms with Crippen molar-refractivity contribution < 1.29 is 4.43 Å². The lowest BCUT2D eigenvalue weighted by Gasteiger charge is -2.26. The van der Waals surface area contributed by atoms with Crippen LogP contribution < -0.4 is 4.43 Å². The maximum atomic E-state index is 6.03. The summed E-state index contributed by atoms with van der Waals surface area (Å²) in [7, 11) is -1.04. The van der Waals surface area contributed by atoms with Gasteiger partial charge in [-0.3, -0.25) is 0 Å². The monoisotopic (exact) mass is 300 g/mol. The maximum absolute atomic E-state index is 6.03. The van der Waals surface area contributed by atoms with Crippen LogP contribution in [0.3, 0.4) is 0 Å². The van der Waals surface area contributed by atoms with Gasteiger partial charge in [0, 0.05) is 10.9 Å². The molecule has 1 aromatic carbocycles. The van der Waals surface area contributed by atoms with E-state index in [9.17, 15) is 0 Å². The Bertz CT molecular complexity index is 355. The first-order valence-electron chi connectivity index (χ1n) is 5.71. The van der Waals surface area contributed by atoms with Gasteiger partial charge in [0.15, 0.2) is 0 Å². The topological polar surface area (TPSA) is 9.23 Å². The molecule has 16 heavy (non-hydrogen) atoms. The Hall–Kier alpha value is -0.283. The van der Waals surface area contributed by atoms with Gasteiger partial charge < -0.3 is 4.43 Å². The Morgan fingerprint density at radius 1 is 1.25 bits per heavy atom. The van der Waals surface area contributed by atoms with Gasteiger partial charge in [-0.05, 0) is 30.1 Å². The van der Waals surface area contributed by atoms with Gasteiger partial charge in [-0.15, -0.1) is 0 Å². The summed E-state index contributed by atoms with van der Waals surface area (Å²) in [6, 6.07) is 6.35. The average molecular weight is 301 g/mol. The molecule has 0 saturated heterocycles. The SMILES string of the molecule is C[SiH](C)Oc1cccc(CBr)c1C(C)(C)C. The van der Waals surface area contributed by atoms with Crippen LogP contribution in [0.4, 0.5) is 0 Å². The molecule has 0 aliphatic carbocycles. The lowest BCUT2D eigenvalue weighted by atomic mass is 9.83. The zero-order valence-electron chi connectivity index (χ0n) is 10.8. The molecule has 1 aromatic rings. The van der Waals surface area contributed by atoms with Gasteiger partial charge in [0.1, 0.15) is 5.75 Å². The third-order valence-electron chi connectivity index (χ3n) is 2.37. The standard InChI is InChI=1S/C13H21BrOSi/c1-13(2,3)12-10(9-14)7-6-8-11(12)15-16(4)5/h6-8,16H,9H2,1-5H3. The van der Waals surface area contributed by atoms with E-state index in [1.54, 1.807) is 0 Å². The quantitative estimate of drug-likeness (QED) is 0.599. The highest BCUT2D eigenvalue weighted by Crippen LogP contribution is 2.35. The van der Waals surface area contributed by atoms with Crippen LogP contribution in [0.15, 0.2) is 18.2 Å². The third kappa shape index (κ3) is 3.35. The fourth-order valence-corrected chi connectivity index (χ4v) is 3.06. The summed E-state index contributed by atoms with van der Waals surface area (Å²) in [5.74, 6) is 1.08. The molecule has 0 bridgehead atoms. The van der Waals surface area contributed by atoms with Crippen molar-refractivity contribution in [3.8, 4) is 5.75 Å². The minimum atomic E-state index is -1.04. The summed E-state index contributed by atoms with van der Waals surface area (Å²) in [6.07, 6.45) is 0. The van der Waals surface area contributed by atoms with E-state index in [1.807, 2.05) is 0 Å². The van der Waals surface area contributed by atoms with Gasteiger partial charge in [-0.25, -0.2) is 0 Å². The Kier molecular flexibility index (Phi) is 4.62. The van der Waals surface area contributed by atoms with Gasteiger partial charge in [-0.2, -0.15) is 0 Å². The molecule has 0 radical (unpaired) electrons. The first-order valence-corrected chi connectivity index (χ1v) is 9.61. The van der Waals surface area contributed by atoms with Crippen molar-refractivity contribution in [3.05, 3.63) is 29.3 Å². The Morgan fingerprint density at radius 3 is 2.31 bits per heavy atom. The van der Waals surface area contributed by atoms with Gasteiger partial charge in [0.05, 0.1) is 0 Å². The molecule has 0 amide bonds. The Morgan fingerprint density at radius 2 is 1.88 bits per heavy atom. The van der Waals surface area contributed by atoms with Gasteiger partial charge >= 0.3 is 0 Å². The molecule has 0 saturated carbocycles. The van der Waals surface area contributed by atoms with Crippen LogP contribution in [0, 0.1) is 0 Å². The van der Waals surface area contributed by atoms with Crippen LogP contribution in [0.2, 0.25) is 13.1 Å². The van der Waals surface area contributed by atoms with Crippen molar-refractivity contribution in [1.29, 1.82) is 0 Å². The van der Waals surface area contributed by atoms with Crippen molar-refractivity contribution in [3.63, 3.8) is 0 Å². The van der Waals surface area contributed by atoms with Crippen molar-refractivity contribution in [2.24, 2.45) is 0 Å². The number of alkyl halides is 1. The van der Waals surface area contributed by atoms with Gasteiger partial charge in [0.25, 0.3) is 0 Å². The van der Waals surface area contributed by atoms with E-state index < -0.39 is 9.04 Å².